The summed E-state index contributed by atoms with van der Waals surface area (Å²) in [6, 6.07) is 14.0. The third-order valence-corrected chi connectivity index (χ3v) is 7.77. The molecule has 0 aromatic heterocycles. The molecular weight excluding hydrogens is 402 g/mol. The number of allylic oxidation sites excluding steroid dienone is 6. The van der Waals surface area contributed by atoms with Crippen LogP contribution >= 0.6 is 0 Å². The van der Waals surface area contributed by atoms with Crippen LogP contribution in [0.25, 0.3) is 22.3 Å². The Hall–Kier alpha value is -2.88. The number of hydrogen-bond donors (Lipinski definition) is 3. The van der Waals surface area contributed by atoms with E-state index >= 15 is 0 Å². The first-order valence-electron chi connectivity index (χ1n) is 12.3. The Morgan fingerprint density at radius 2 is 1.64 bits per heavy atom. The van der Waals surface area contributed by atoms with Crippen molar-refractivity contribution in [3.05, 3.63) is 94.2 Å². The van der Waals surface area contributed by atoms with Crippen molar-refractivity contribution in [1.82, 2.24) is 5.32 Å². The van der Waals surface area contributed by atoms with E-state index < -0.39 is 0 Å². The standard InChI is InChI=1S/C30H35N3/c1-3-30(2)27-16-20(23-9-5-4-8-22(23)18-33-19-31)12-14-25(27)26-15-13-21(17-28(26)30)24-10-6-7-11-29(24)32/h6,8-10,12-17,33H,3-5,7,11,18-19,31-32H2,1-2H3. The molecule has 2 aromatic rings. The van der Waals surface area contributed by atoms with Gasteiger partial charge < -0.3 is 16.8 Å². The molecule has 3 aliphatic rings. The second-order valence-corrected chi connectivity index (χ2v) is 9.64. The van der Waals surface area contributed by atoms with Crippen LogP contribution in [-0.2, 0) is 5.41 Å². The summed E-state index contributed by atoms with van der Waals surface area (Å²) in [5.41, 5.74) is 25.1. The zero-order valence-electron chi connectivity index (χ0n) is 19.9. The summed E-state index contributed by atoms with van der Waals surface area (Å²) >= 11 is 0. The topological polar surface area (TPSA) is 64.1 Å². The summed E-state index contributed by atoms with van der Waals surface area (Å²) in [6.07, 6.45) is 14.4. The van der Waals surface area contributed by atoms with E-state index in [4.69, 9.17) is 11.5 Å². The van der Waals surface area contributed by atoms with Gasteiger partial charge in [-0.25, -0.2) is 0 Å². The highest BCUT2D eigenvalue weighted by molar-refractivity contribution is 5.88. The van der Waals surface area contributed by atoms with E-state index in [1.165, 1.54) is 50.1 Å². The lowest BCUT2D eigenvalue weighted by Crippen LogP contribution is -2.25. The zero-order valence-corrected chi connectivity index (χ0v) is 19.9. The lowest BCUT2D eigenvalue weighted by molar-refractivity contribution is 0.564. The zero-order chi connectivity index (χ0) is 23.0. The van der Waals surface area contributed by atoms with Crippen LogP contribution in [0.1, 0.15) is 68.2 Å². The van der Waals surface area contributed by atoms with Crippen LogP contribution in [0.5, 0.6) is 0 Å². The molecular formula is C30H35N3. The summed E-state index contributed by atoms with van der Waals surface area (Å²) in [4.78, 5) is 0. The van der Waals surface area contributed by atoms with Crippen LogP contribution in [0.2, 0.25) is 0 Å². The molecule has 0 heterocycles. The summed E-state index contributed by atoms with van der Waals surface area (Å²) in [5, 5.41) is 3.30. The molecule has 1 unspecified atom stereocenters. The van der Waals surface area contributed by atoms with E-state index in [0.717, 1.165) is 44.3 Å². The van der Waals surface area contributed by atoms with Gasteiger partial charge in [0.2, 0.25) is 0 Å². The van der Waals surface area contributed by atoms with Gasteiger partial charge in [-0.3, -0.25) is 0 Å². The molecule has 33 heavy (non-hydrogen) atoms. The highest BCUT2D eigenvalue weighted by Crippen LogP contribution is 2.52. The predicted octanol–water partition coefficient (Wildman–Crippen LogP) is 6.01. The molecule has 3 heteroatoms. The third kappa shape index (κ3) is 3.70. The smallest absolute Gasteiger partial charge is 0.0431 e. The lowest BCUT2D eigenvalue weighted by Gasteiger charge is -2.27. The second-order valence-electron chi connectivity index (χ2n) is 9.64. The molecule has 0 radical (unpaired) electrons. The summed E-state index contributed by atoms with van der Waals surface area (Å²) < 4.78 is 0. The van der Waals surface area contributed by atoms with E-state index in [9.17, 15) is 0 Å². The Bertz CT molecular complexity index is 1210. The normalized spacial score (nSPS) is 21.5. The summed E-state index contributed by atoms with van der Waals surface area (Å²) in [7, 11) is 0. The molecule has 0 fully saturated rings. The van der Waals surface area contributed by atoms with Gasteiger partial charge in [-0.2, -0.15) is 0 Å². The minimum absolute atomic E-state index is 0.0149. The molecule has 0 spiro atoms. The van der Waals surface area contributed by atoms with Crippen molar-refractivity contribution in [3.8, 4) is 11.1 Å². The fourth-order valence-corrected chi connectivity index (χ4v) is 5.70. The molecule has 0 saturated carbocycles. The van der Waals surface area contributed by atoms with Gasteiger partial charge in [0.05, 0.1) is 0 Å². The number of rotatable bonds is 6. The summed E-state index contributed by atoms with van der Waals surface area (Å²) in [6.45, 7) is 6.03. The maximum absolute atomic E-state index is 6.39. The van der Waals surface area contributed by atoms with Crippen molar-refractivity contribution in [2.24, 2.45) is 11.5 Å². The number of nitrogens with one attached hydrogen (secondary N) is 1. The Morgan fingerprint density at radius 1 is 0.939 bits per heavy atom. The largest absolute Gasteiger partial charge is 0.402 e. The molecule has 3 aliphatic carbocycles. The molecule has 0 bridgehead atoms. The molecule has 3 nitrogen and oxygen atoms in total. The van der Waals surface area contributed by atoms with Crippen LogP contribution < -0.4 is 16.8 Å². The molecule has 0 amide bonds. The number of benzene rings is 2. The fraction of sp³-hybridized carbons (Fsp3) is 0.333. The Labute approximate surface area is 198 Å². The Morgan fingerprint density at radius 3 is 2.33 bits per heavy atom. The average Bonchev–Trinajstić information content (AvgIpc) is 3.11. The molecule has 170 valence electrons. The highest BCUT2D eigenvalue weighted by Gasteiger charge is 2.38. The first-order chi connectivity index (χ1) is 16.1. The van der Waals surface area contributed by atoms with E-state index in [-0.39, 0.29) is 5.41 Å². The van der Waals surface area contributed by atoms with Gasteiger partial charge in [0.25, 0.3) is 0 Å². The highest BCUT2D eigenvalue weighted by atomic mass is 14.9. The third-order valence-electron chi connectivity index (χ3n) is 7.77. The van der Waals surface area contributed by atoms with Crippen LogP contribution in [0, 0.1) is 0 Å². The van der Waals surface area contributed by atoms with Gasteiger partial charge in [0.1, 0.15) is 0 Å². The Kier molecular flexibility index (Phi) is 5.86. The van der Waals surface area contributed by atoms with Crippen LogP contribution in [0.15, 0.2) is 72.0 Å². The quantitative estimate of drug-likeness (QED) is 0.485. The van der Waals surface area contributed by atoms with Crippen LogP contribution in [0.3, 0.4) is 0 Å². The van der Waals surface area contributed by atoms with Gasteiger partial charge in [-0.05, 0) is 88.8 Å². The number of fused-ring (bicyclic) bond motifs is 3. The van der Waals surface area contributed by atoms with Crippen molar-refractivity contribution in [2.75, 3.05) is 13.2 Å². The van der Waals surface area contributed by atoms with E-state index in [2.05, 4.69) is 79.9 Å². The second kappa shape index (κ2) is 8.81. The van der Waals surface area contributed by atoms with Gasteiger partial charge in [0, 0.05) is 29.9 Å². The molecule has 0 aliphatic heterocycles. The van der Waals surface area contributed by atoms with Crippen molar-refractivity contribution < 1.29 is 0 Å². The fourth-order valence-electron chi connectivity index (χ4n) is 5.70. The van der Waals surface area contributed by atoms with E-state index in [0.29, 0.717) is 6.67 Å². The van der Waals surface area contributed by atoms with Crippen molar-refractivity contribution >= 4 is 11.1 Å². The SMILES string of the molecule is CCC1(C)c2cc(C3=CCCC=C3CNCN)ccc2-c2ccc(C3=C(N)CCC=C3)cc21. The number of hydrogen-bond acceptors (Lipinski definition) is 3. The van der Waals surface area contributed by atoms with Gasteiger partial charge in [0.15, 0.2) is 0 Å². The van der Waals surface area contributed by atoms with Crippen molar-refractivity contribution in [2.45, 2.75) is 51.4 Å². The van der Waals surface area contributed by atoms with Crippen molar-refractivity contribution in [3.63, 3.8) is 0 Å². The van der Waals surface area contributed by atoms with Gasteiger partial charge in [-0.15, -0.1) is 0 Å². The summed E-state index contributed by atoms with van der Waals surface area (Å²) in [5.74, 6) is 0. The predicted molar refractivity (Wildman–Crippen MR) is 140 cm³/mol. The molecule has 5 rings (SSSR count). The minimum atomic E-state index is -0.0149. The first kappa shape index (κ1) is 21.9. The molecule has 5 N–H and O–H groups in total. The minimum Gasteiger partial charge on any atom is -0.402 e. The molecule has 1 atom stereocenters. The average molecular weight is 438 g/mol. The van der Waals surface area contributed by atoms with E-state index in [1.807, 2.05) is 0 Å². The van der Waals surface area contributed by atoms with Crippen molar-refractivity contribution in [1.29, 1.82) is 0 Å². The molecule has 2 aromatic carbocycles. The number of nitrogens with two attached hydrogens (primary N) is 2. The maximum atomic E-state index is 6.39. The monoisotopic (exact) mass is 437 g/mol. The van der Waals surface area contributed by atoms with Gasteiger partial charge in [-0.1, -0.05) is 62.4 Å². The van der Waals surface area contributed by atoms with Crippen LogP contribution in [0.4, 0.5) is 0 Å². The van der Waals surface area contributed by atoms with E-state index in [1.54, 1.807) is 0 Å². The van der Waals surface area contributed by atoms with Gasteiger partial charge >= 0.3 is 0 Å². The Balaban J connectivity index is 1.58. The maximum Gasteiger partial charge on any atom is 0.0431 e. The lowest BCUT2D eigenvalue weighted by atomic mass is 9.76. The van der Waals surface area contributed by atoms with Crippen LogP contribution in [-0.4, -0.2) is 13.2 Å². The first-order valence-corrected chi connectivity index (χ1v) is 12.3. The molecule has 0 saturated heterocycles.